The number of nitrogens with zero attached hydrogens (tertiary/aromatic N) is 3. The van der Waals surface area contributed by atoms with Gasteiger partial charge in [-0.1, -0.05) is 11.2 Å². The molecule has 0 aromatic carbocycles. The number of carbonyl (C=O) groups is 1. The minimum Gasteiger partial charge on any atom is -0.355 e. The van der Waals surface area contributed by atoms with Crippen molar-refractivity contribution in [3.8, 4) is 10.6 Å². The minimum absolute atomic E-state index is 0.214. The Bertz CT molecular complexity index is 697. The van der Waals surface area contributed by atoms with Crippen molar-refractivity contribution < 1.29 is 9.32 Å². The lowest BCUT2D eigenvalue weighted by Gasteiger charge is -2.34. The Labute approximate surface area is 146 Å². The molecule has 24 heavy (non-hydrogen) atoms. The zero-order valence-electron chi connectivity index (χ0n) is 14.0. The van der Waals surface area contributed by atoms with Crippen LogP contribution in [0.5, 0.6) is 0 Å². The third-order valence-electron chi connectivity index (χ3n) is 5.25. The Kier molecular flexibility index (Phi) is 4.41. The molecule has 6 heteroatoms. The number of hydrogen-bond donors (Lipinski definition) is 0. The summed E-state index contributed by atoms with van der Waals surface area (Å²) in [5.74, 6) is 1.06. The molecule has 5 nitrogen and oxygen atoms in total. The molecular weight excluding hydrogens is 322 g/mol. The molecule has 4 heterocycles. The Hall–Kier alpha value is -1.66. The van der Waals surface area contributed by atoms with Crippen molar-refractivity contribution in [3.05, 3.63) is 29.3 Å². The maximum absolute atomic E-state index is 11.9. The van der Waals surface area contributed by atoms with Crippen LogP contribution in [-0.4, -0.2) is 46.0 Å². The predicted molar refractivity (Wildman–Crippen MR) is 93.7 cm³/mol. The quantitative estimate of drug-likeness (QED) is 0.852. The van der Waals surface area contributed by atoms with Gasteiger partial charge in [0.1, 0.15) is 0 Å². The molecule has 2 aliphatic heterocycles. The van der Waals surface area contributed by atoms with Crippen LogP contribution in [0.2, 0.25) is 0 Å². The Morgan fingerprint density at radius 1 is 1.33 bits per heavy atom. The lowest BCUT2D eigenvalue weighted by molar-refractivity contribution is -0.130. The molecule has 2 atom stereocenters. The first-order valence-electron chi connectivity index (χ1n) is 8.73. The third kappa shape index (κ3) is 3.00. The van der Waals surface area contributed by atoms with Gasteiger partial charge in [0, 0.05) is 38.2 Å². The second-order valence-corrected chi connectivity index (χ2v) is 7.71. The number of carbonyl (C=O) groups excluding carboxylic acids is 1. The van der Waals surface area contributed by atoms with E-state index in [1.165, 1.54) is 12.8 Å². The van der Waals surface area contributed by atoms with Crippen LogP contribution in [-0.2, 0) is 11.3 Å². The van der Waals surface area contributed by atoms with E-state index >= 15 is 0 Å². The van der Waals surface area contributed by atoms with Gasteiger partial charge in [0.25, 0.3) is 0 Å². The van der Waals surface area contributed by atoms with Gasteiger partial charge >= 0.3 is 0 Å². The third-order valence-corrected chi connectivity index (χ3v) is 6.13. The minimum atomic E-state index is 0.214. The van der Waals surface area contributed by atoms with Gasteiger partial charge < -0.3 is 9.42 Å². The molecule has 0 saturated carbocycles. The van der Waals surface area contributed by atoms with E-state index in [0.717, 1.165) is 48.8 Å². The SMILES string of the molecule is CC(=O)N1CCC[C@@H]1[C@@H]1CCCN1Cc1cc(-c2cccs2)on1. The normalized spacial score (nSPS) is 24.8. The molecule has 2 aromatic rings. The molecular formula is C18H23N3O2S. The standard InChI is InChI=1S/C18H23N3O2S/c1-13(22)21-9-3-6-16(21)15-5-2-8-20(15)12-14-11-17(23-19-14)18-7-4-10-24-18/h4,7,10-11,15-16H,2-3,5-6,8-9,12H2,1H3/t15-,16+/m0/s1. The van der Waals surface area contributed by atoms with E-state index in [-0.39, 0.29) is 5.91 Å². The molecule has 0 bridgehead atoms. The van der Waals surface area contributed by atoms with E-state index in [9.17, 15) is 4.79 Å². The van der Waals surface area contributed by atoms with E-state index < -0.39 is 0 Å². The number of aromatic nitrogens is 1. The first-order valence-corrected chi connectivity index (χ1v) is 9.61. The molecule has 2 aromatic heterocycles. The van der Waals surface area contributed by atoms with Gasteiger partial charge in [0.05, 0.1) is 10.6 Å². The smallest absolute Gasteiger partial charge is 0.219 e. The van der Waals surface area contributed by atoms with Crippen molar-refractivity contribution >= 4 is 17.2 Å². The van der Waals surface area contributed by atoms with Gasteiger partial charge in [0.15, 0.2) is 5.76 Å². The molecule has 2 saturated heterocycles. The van der Waals surface area contributed by atoms with E-state index in [1.807, 2.05) is 11.4 Å². The van der Waals surface area contributed by atoms with Gasteiger partial charge in [-0.3, -0.25) is 9.69 Å². The summed E-state index contributed by atoms with van der Waals surface area (Å²) in [4.78, 5) is 17.6. The maximum atomic E-state index is 11.9. The van der Waals surface area contributed by atoms with Crippen LogP contribution in [0.25, 0.3) is 10.6 Å². The molecule has 2 aliphatic rings. The van der Waals surface area contributed by atoms with Crippen molar-refractivity contribution in [1.29, 1.82) is 0 Å². The number of thiophene rings is 1. The highest BCUT2D eigenvalue weighted by molar-refractivity contribution is 7.13. The fraction of sp³-hybridized carbons (Fsp3) is 0.556. The van der Waals surface area contributed by atoms with Crippen LogP contribution in [0, 0.1) is 0 Å². The van der Waals surface area contributed by atoms with Crippen molar-refractivity contribution in [2.45, 2.75) is 51.2 Å². The summed E-state index contributed by atoms with van der Waals surface area (Å²) in [6, 6.07) is 6.96. The number of likely N-dealkylation sites (tertiary alicyclic amines) is 2. The first-order chi connectivity index (χ1) is 11.7. The van der Waals surface area contributed by atoms with Crippen LogP contribution < -0.4 is 0 Å². The summed E-state index contributed by atoms with van der Waals surface area (Å²) in [6.07, 6.45) is 4.62. The van der Waals surface area contributed by atoms with Crippen LogP contribution in [0.1, 0.15) is 38.3 Å². The van der Waals surface area contributed by atoms with Crippen LogP contribution in [0.3, 0.4) is 0 Å². The lowest BCUT2D eigenvalue weighted by atomic mass is 10.0. The average Bonchev–Trinajstić information content (AvgIpc) is 3.35. The van der Waals surface area contributed by atoms with Crippen molar-refractivity contribution in [3.63, 3.8) is 0 Å². The Morgan fingerprint density at radius 2 is 2.17 bits per heavy atom. The highest BCUT2D eigenvalue weighted by Gasteiger charge is 2.38. The number of rotatable bonds is 4. The fourth-order valence-corrected chi connectivity index (χ4v) is 4.87. The fourth-order valence-electron chi connectivity index (χ4n) is 4.20. The van der Waals surface area contributed by atoms with E-state index in [2.05, 4.69) is 27.1 Å². The number of hydrogen-bond acceptors (Lipinski definition) is 5. The highest BCUT2D eigenvalue weighted by atomic mass is 32.1. The van der Waals surface area contributed by atoms with Crippen LogP contribution >= 0.6 is 11.3 Å². The van der Waals surface area contributed by atoms with Crippen molar-refractivity contribution in [1.82, 2.24) is 15.0 Å². The molecule has 2 fully saturated rings. The first kappa shape index (κ1) is 15.8. The second kappa shape index (κ2) is 6.69. The summed E-state index contributed by atoms with van der Waals surface area (Å²) in [7, 11) is 0. The van der Waals surface area contributed by atoms with Crippen LogP contribution in [0.4, 0.5) is 0 Å². The zero-order valence-corrected chi connectivity index (χ0v) is 14.8. The largest absolute Gasteiger partial charge is 0.355 e. The molecule has 0 aliphatic carbocycles. The van der Waals surface area contributed by atoms with Gasteiger partial charge in [-0.2, -0.15) is 0 Å². The summed E-state index contributed by atoms with van der Waals surface area (Å²) >= 11 is 1.67. The molecule has 0 spiro atoms. The van der Waals surface area contributed by atoms with E-state index in [1.54, 1.807) is 18.3 Å². The summed E-state index contributed by atoms with van der Waals surface area (Å²) < 4.78 is 5.51. The predicted octanol–water partition coefficient (Wildman–Crippen LogP) is 3.38. The van der Waals surface area contributed by atoms with Gasteiger partial charge in [-0.05, 0) is 43.7 Å². The van der Waals surface area contributed by atoms with Gasteiger partial charge in [0.2, 0.25) is 5.91 Å². The molecule has 1 amide bonds. The van der Waals surface area contributed by atoms with E-state index in [0.29, 0.717) is 12.1 Å². The molecule has 0 unspecified atom stereocenters. The number of amides is 1. The van der Waals surface area contributed by atoms with Crippen LogP contribution in [0.15, 0.2) is 28.1 Å². The molecule has 4 rings (SSSR count). The van der Waals surface area contributed by atoms with Gasteiger partial charge in [-0.15, -0.1) is 11.3 Å². The summed E-state index contributed by atoms with van der Waals surface area (Å²) in [5, 5.41) is 6.31. The second-order valence-electron chi connectivity index (χ2n) is 6.76. The van der Waals surface area contributed by atoms with Gasteiger partial charge in [-0.25, -0.2) is 0 Å². The Morgan fingerprint density at radius 3 is 2.96 bits per heavy atom. The van der Waals surface area contributed by atoms with Crippen molar-refractivity contribution in [2.75, 3.05) is 13.1 Å². The molecule has 128 valence electrons. The monoisotopic (exact) mass is 345 g/mol. The lowest BCUT2D eigenvalue weighted by Crippen LogP contribution is -2.47. The summed E-state index contributed by atoms with van der Waals surface area (Å²) in [6.45, 7) is 4.50. The summed E-state index contributed by atoms with van der Waals surface area (Å²) in [5.41, 5.74) is 0.984. The Balaban J connectivity index is 1.47. The maximum Gasteiger partial charge on any atom is 0.219 e. The molecule has 0 radical (unpaired) electrons. The zero-order chi connectivity index (χ0) is 16.5. The topological polar surface area (TPSA) is 49.6 Å². The van der Waals surface area contributed by atoms with E-state index in [4.69, 9.17) is 4.52 Å². The van der Waals surface area contributed by atoms with Crippen molar-refractivity contribution in [2.24, 2.45) is 0 Å². The average molecular weight is 345 g/mol. The highest BCUT2D eigenvalue weighted by Crippen LogP contribution is 2.32. The molecule has 0 N–H and O–H groups in total.